The summed E-state index contributed by atoms with van der Waals surface area (Å²) in [6, 6.07) is 3.27. The van der Waals surface area contributed by atoms with Crippen molar-refractivity contribution in [2.45, 2.75) is 31.6 Å². The Balaban J connectivity index is 1.85. The zero-order valence-electron chi connectivity index (χ0n) is 12.2. The first-order valence-electron chi connectivity index (χ1n) is 6.90. The van der Waals surface area contributed by atoms with E-state index in [1.807, 2.05) is 0 Å². The third-order valence-corrected chi connectivity index (χ3v) is 4.12. The second kappa shape index (κ2) is 7.68. The summed E-state index contributed by atoms with van der Waals surface area (Å²) in [7, 11) is -4.21. The lowest BCUT2D eigenvalue weighted by atomic mass is 10.2. The minimum Gasteiger partial charge on any atom is -0.383 e. The first-order valence-corrected chi connectivity index (χ1v) is 8.40. The number of phosphoric ester groups is 1. The van der Waals surface area contributed by atoms with Crippen LogP contribution in [0.25, 0.3) is 0 Å². The summed E-state index contributed by atoms with van der Waals surface area (Å²) in [5.41, 5.74) is 4.90. The Bertz CT molecular complexity index is 687. The summed E-state index contributed by atoms with van der Waals surface area (Å²) in [5, 5.41) is 8.34. The predicted octanol–water partition coefficient (Wildman–Crippen LogP) is 0.550. The Morgan fingerprint density at radius 3 is 3.04 bits per heavy atom. The van der Waals surface area contributed by atoms with Crippen LogP contribution in [0.3, 0.4) is 0 Å². The van der Waals surface area contributed by atoms with Gasteiger partial charge in [-0.1, -0.05) is 0 Å². The van der Waals surface area contributed by atoms with Crippen LogP contribution in [-0.2, 0) is 18.3 Å². The number of hydrogen-bond acceptors (Lipinski definition) is 8. The third kappa shape index (κ3) is 5.13. The van der Waals surface area contributed by atoms with Gasteiger partial charge in [-0.3, -0.25) is 13.6 Å². The molecule has 126 valence electrons. The van der Waals surface area contributed by atoms with Crippen LogP contribution in [0.1, 0.15) is 25.5 Å². The topological polar surface area (TPSA) is 150 Å². The minimum atomic E-state index is -4.21. The van der Waals surface area contributed by atoms with Gasteiger partial charge in [0.05, 0.1) is 31.8 Å². The molecule has 1 aliphatic rings. The van der Waals surface area contributed by atoms with Gasteiger partial charge >= 0.3 is 13.5 Å². The van der Waals surface area contributed by atoms with E-state index in [1.54, 1.807) is 6.07 Å². The number of nitrogen functional groups attached to an aromatic ring is 1. The molecule has 0 aliphatic carbocycles. The molecule has 0 spiro atoms. The van der Waals surface area contributed by atoms with Crippen LogP contribution in [0.5, 0.6) is 0 Å². The number of anilines is 1. The molecule has 1 fully saturated rings. The second-order valence-electron chi connectivity index (χ2n) is 4.84. The zero-order chi connectivity index (χ0) is 16.9. The molecule has 0 radical (unpaired) electrons. The number of phosphoric acid groups is 1. The number of nitriles is 1. The van der Waals surface area contributed by atoms with Crippen molar-refractivity contribution in [3.8, 4) is 6.07 Å². The van der Waals surface area contributed by atoms with Gasteiger partial charge in [-0.2, -0.15) is 10.2 Å². The molecule has 1 aromatic heterocycles. The lowest BCUT2D eigenvalue weighted by Gasteiger charge is -2.17. The fourth-order valence-corrected chi connectivity index (χ4v) is 2.83. The lowest BCUT2D eigenvalue weighted by Crippen LogP contribution is -2.27. The molecule has 3 atom stereocenters. The smallest absolute Gasteiger partial charge is 0.383 e. The van der Waals surface area contributed by atoms with E-state index < -0.39 is 25.8 Å². The third-order valence-electron chi connectivity index (χ3n) is 3.14. The quantitative estimate of drug-likeness (QED) is 0.534. The van der Waals surface area contributed by atoms with Crippen molar-refractivity contribution in [3.05, 3.63) is 22.7 Å². The molecule has 1 aliphatic heterocycles. The molecule has 3 unspecified atom stereocenters. The number of nitrogens with zero attached hydrogens (tertiary/aromatic N) is 3. The van der Waals surface area contributed by atoms with Gasteiger partial charge < -0.3 is 15.4 Å². The number of hydrogen-bond donors (Lipinski definition) is 2. The predicted molar refractivity (Wildman–Crippen MR) is 78.0 cm³/mol. The van der Waals surface area contributed by atoms with Gasteiger partial charge in [0.2, 0.25) is 0 Å². The van der Waals surface area contributed by atoms with Gasteiger partial charge in [-0.05, 0) is 18.9 Å². The van der Waals surface area contributed by atoms with Crippen LogP contribution in [0.15, 0.2) is 17.1 Å². The van der Waals surface area contributed by atoms with Crippen molar-refractivity contribution in [1.29, 1.82) is 5.26 Å². The molecule has 10 nitrogen and oxygen atoms in total. The van der Waals surface area contributed by atoms with E-state index in [0.717, 1.165) is 0 Å². The molecule has 23 heavy (non-hydrogen) atoms. The Kier molecular flexibility index (Phi) is 5.87. The van der Waals surface area contributed by atoms with Crippen molar-refractivity contribution in [3.63, 3.8) is 0 Å². The molecule has 1 aromatic rings. The van der Waals surface area contributed by atoms with E-state index in [0.29, 0.717) is 12.8 Å². The van der Waals surface area contributed by atoms with Crippen molar-refractivity contribution >= 4 is 13.6 Å². The van der Waals surface area contributed by atoms with Gasteiger partial charge in [-0.15, -0.1) is 0 Å². The van der Waals surface area contributed by atoms with Gasteiger partial charge in [0.15, 0.2) is 0 Å². The summed E-state index contributed by atoms with van der Waals surface area (Å²) in [4.78, 5) is 24.8. The Morgan fingerprint density at radius 1 is 1.57 bits per heavy atom. The number of nitrogens with two attached hydrogens (primary N) is 1. The van der Waals surface area contributed by atoms with E-state index in [1.165, 1.54) is 16.8 Å². The molecule has 0 aromatic carbocycles. The van der Waals surface area contributed by atoms with Gasteiger partial charge in [-0.25, -0.2) is 9.36 Å². The van der Waals surface area contributed by atoms with Gasteiger partial charge in [0.1, 0.15) is 12.0 Å². The summed E-state index contributed by atoms with van der Waals surface area (Å²) in [6.45, 7) is -0.348. The number of rotatable bonds is 7. The molecular formula is C12H17N4O6P. The fraction of sp³-hybridized carbons (Fsp3) is 0.583. The van der Waals surface area contributed by atoms with E-state index >= 15 is 0 Å². The lowest BCUT2D eigenvalue weighted by molar-refractivity contribution is -0.0258. The molecule has 2 heterocycles. The highest BCUT2D eigenvalue weighted by Gasteiger charge is 2.30. The average Bonchev–Trinajstić information content (AvgIpc) is 2.94. The van der Waals surface area contributed by atoms with Crippen LogP contribution in [0.4, 0.5) is 5.82 Å². The maximum atomic E-state index is 11.7. The Hall–Kier alpha value is -1.76. The second-order valence-corrected chi connectivity index (χ2v) is 6.29. The van der Waals surface area contributed by atoms with Crippen LogP contribution in [0, 0.1) is 11.3 Å². The van der Waals surface area contributed by atoms with Crippen molar-refractivity contribution < 1.29 is 23.2 Å². The summed E-state index contributed by atoms with van der Waals surface area (Å²) >= 11 is 0. The van der Waals surface area contributed by atoms with Crippen LogP contribution in [0.2, 0.25) is 0 Å². The minimum absolute atomic E-state index is 0.0109. The molecule has 11 heteroatoms. The van der Waals surface area contributed by atoms with Gasteiger partial charge in [0.25, 0.3) is 0 Å². The molecule has 0 saturated carbocycles. The fourth-order valence-electron chi connectivity index (χ4n) is 2.08. The van der Waals surface area contributed by atoms with Crippen molar-refractivity contribution in [2.75, 3.05) is 18.9 Å². The highest BCUT2D eigenvalue weighted by molar-refractivity contribution is 7.47. The first-order chi connectivity index (χ1) is 10.9. The first kappa shape index (κ1) is 17.6. The summed E-state index contributed by atoms with van der Waals surface area (Å²) < 4.78 is 27.9. The SMILES string of the molecule is N#CCCOP(=O)(O)OCC1CCC(n2ccc(N)nc2=O)O1. The van der Waals surface area contributed by atoms with E-state index in [9.17, 15) is 14.3 Å². The maximum Gasteiger partial charge on any atom is 0.472 e. The van der Waals surface area contributed by atoms with Crippen LogP contribution < -0.4 is 11.4 Å². The normalized spacial score (nSPS) is 23.3. The van der Waals surface area contributed by atoms with E-state index in [4.69, 9.17) is 20.3 Å². The zero-order valence-corrected chi connectivity index (χ0v) is 13.1. The van der Waals surface area contributed by atoms with E-state index in [2.05, 4.69) is 9.51 Å². The van der Waals surface area contributed by atoms with Crippen LogP contribution in [-0.4, -0.2) is 33.8 Å². The maximum absolute atomic E-state index is 11.7. The largest absolute Gasteiger partial charge is 0.472 e. The molecule has 2 rings (SSSR count). The van der Waals surface area contributed by atoms with E-state index in [-0.39, 0.29) is 25.5 Å². The van der Waals surface area contributed by atoms with Gasteiger partial charge in [0, 0.05) is 6.20 Å². The Labute approximate surface area is 132 Å². The molecule has 1 saturated heterocycles. The summed E-state index contributed by atoms with van der Waals surface area (Å²) in [6.07, 6.45) is 1.57. The Morgan fingerprint density at radius 2 is 2.35 bits per heavy atom. The monoisotopic (exact) mass is 344 g/mol. The molecule has 3 N–H and O–H groups in total. The van der Waals surface area contributed by atoms with Crippen LogP contribution >= 0.6 is 7.82 Å². The summed E-state index contributed by atoms with van der Waals surface area (Å²) in [5.74, 6) is 0.125. The standard InChI is InChI=1S/C12H17N4O6P/c13-5-1-7-20-23(18,19)21-8-9-2-3-11(22-9)16-6-4-10(14)15-12(16)17/h4,6,9,11H,1-3,7-8H2,(H,18,19)(H2,14,15,17). The molecule has 0 bridgehead atoms. The average molecular weight is 344 g/mol. The number of ether oxygens (including phenoxy) is 1. The van der Waals surface area contributed by atoms with Crippen molar-refractivity contribution in [1.82, 2.24) is 9.55 Å². The highest BCUT2D eigenvalue weighted by Crippen LogP contribution is 2.44. The number of aromatic nitrogens is 2. The molecule has 0 amide bonds. The molecular weight excluding hydrogens is 327 g/mol. The highest BCUT2D eigenvalue weighted by atomic mass is 31.2. The van der Waals surface area contributed by atoms with Crippen molar-refractivity contribution in [2.24, 2.45) is 0 Å².